The Balaban J connectivity index is 1.83. The van der Waals surface area contributed by atoms with Crippen LogP contribution in [-0.2, 0) is 0 Å². The average Bonchev–Trinajstić information content (AvgIpc) is 3.14. The molecule has 1 aromatic heterocycles. The number of carbonyl (C=O) groups excluding carboxylic acids is 2. The van der Waals surface area contributed by atoms with Gasteiger partial charge in [0.05, 0.1) is 10.5 Å². The smallest absolute Gasteiger partial charge is 0.286 e. The van der Waals surface area contributed by atoms with Gasteiger partial charge in [0.15, 0.2) is 0 Å². The number of halogens is 2. The fourth-order valence-electron chi connectivity index (χ4n) is 2.29. The summed E-state index contributed by atoms with van der Waals surface area (Å²) in [5, 5.41) is 11.1. The molecule has 3 rings (SSSR count). The van der Waals surface area contributed by atoms with Crippen molar-refractivity contribution in [3.05, 3.63) is 86.4 Å². The van der Waals surface area contributed by atoms with Gasteiger partial charge in [0.2, 0.25) is 0 Å². The highest BCUT2D eigenvalue weighted by Crippen LogP contribution is 2.34. The molecule has 0 spiro atoms. The molecule has 29 heavy (non-hydrogen) atoms. The molecule has 0 bridgehead atoms. The molecule has 0 aliphatic carbocycles. The highest BCUT2D eigenvalue weighted by molar-refractivity contribution is 9.10. The molecule has 0 fully saturated rings. The topological polar surface area (TPSA) is 117 Å². The van der Waals surface area contributed by atoms with Crippen molar-refractivity contribution < 1.29 is 18.9 Å². The number of hydrogen-bond donors (Lipinski definition) is 3. The molecular weight excluding hydrogens is 467 g/mol. The number of amides is 2. The van der Waals surface area contributed by atoms with Crippen LogP contribution in [0, 0.1) is 15.9 Å². The molecule has 2 amide bonds. The van der Waals surface area contributed by atoms with E-state index in [-0.39, 0.29) is 26.7 Å². The van der Waals surface area contributed by atoms with Gasteiger partial charge in [-0.3, -0.25) is 30.6 Å². The van der Waals surface area contributed by atoms with Crippen LogP contribution in [0.4, 0.5) is 10.1 Å². The molecule has 148 valence electrons. The number of benzene rings is 2. The van der Waals surface area contributed by atoms with Crippen LogP contribution in [0.5, 0.6) is 0 Å². The number of hydrazine groups is 1. The second kappa shape index (κ2) is 8.88. The summed E-state index contributed by atoms with van der Waals surface area (Å²) in [5.41, 5.74) is 4.22. The number of H-pyrrole nitrogens is 1. The largest absolute Gasteiger partial charge is 0.356 e. The molecule has 0 saturated heterocycles. The maximum absolute atomic E-state index is 14.0. The molecule has 0 aliphatic rings. The summed E-state index contributed by atoms with van der Waals surface area (Å²) < 4.78 is 14.6. The number of aromatic nitrogens is 1. The van der Waals surface area contributed by atoms with Crippen LogP contribution in [0.25, 0.3) is 0 Å². The molecule has 8 nitrogen and oxygen atoms in total. The van der Waals surface area contributed by atoms with Gasteiger partial charge in [-0.15, -0.1) is 0 Å². The lowest BCUT2D eigenvalue weighted by Crippen LogP contribution is -2.42. The first-order chi connectivity index (χ1) is 13.8. The van der Waals surface area contributed by atoms with E-state index in [1.165, 1.54) is 36.4 Å². The highest BCUT2D eigenvalue weighted by atomic mass is 79.9. The van der Waals surface area contributed by atoms with Gasteiger partial charge in [0.25, 0.3) is 17.5 Å². The van der Waals surface area contributed by atoms with E-state index in [2.05, 4.69) is 31.8 Å². The zero-order valence-corrected chi connectivity index (χ0v) is 16.8. The number of nitrogens with one attached hydrogen (secondary N) is 3. The third kappa shape index (κ3) is 5.00. The minimum Gasteiger partial charge on any atom is -0.356 e. The van der Waals surface area contributed by atoms with Crippen molar-refractivity contribution in [2.45, 2.75) is 9.79 Å². The minimum absolute atomic E-state index is 0.0829. The van der Waals surface area contributed by atoms with Gasteiger partial charge in [0, 0.05) is 32.6 Å². The number of non-ortho nitro benzene ring substituents is 1. The Morgan fingerprint density at radius 2 is 1.79 bits per heavy atom. The van der Waals surface area contributed by atoms with Crippen molar-refractivity contribution in [3.63, 3.8) is 0 Å². The Hall–Kier alpha value is -3.18. The van der Waals surface area contributed by atoms with Crippen molar-refractivity contribution in [1.82, 2.24) is 15.8 Å². The van der Waals surface area contributed by atoms with E-state index in [1.807, 2.05) is 0 Å². The highest BCUT2D eigenvalue weighted by Gasteiger charge is 2.19. The second-order valence-electron chi connectivity index (χ2n) is 5.61. The van der Waals surface area contributed by atoms with Gasteiger partial charge in [-0.1, -0.05) is 23.9 Å². The molecule has 1 heterocycles. The predicted molar refractivity (Wildman–Crippen MR) is 107 cm³/mol. The summed E-state index contributed by atoms with van der Waals surface area (Å²) in [6.07, 6.45) is 1.54. The summed E-state index contributed by atoms with van der Waals surface area (Å²) >= 11 is 4.13. The van der Waals surface area contributed by atoms with Gasteiger partial charge in [0.1, 0.15) is 11.5 Å². The first kappa shape index (κ1) is 20.6. The van der Waals surface area contributed by atoms with Crippen molar-refractivity contribution in [2.75, 3.05) is 0 Å². The molecule has 0 unspecified atom stereocenters. The number of nitro groups is 1. The van der Waals surface area contributed by atoms with E-state index in [0.29, 0.717) is 4.47 Å². The van der Waals surface area contributed by atoms with Gasteiger partial charge in [-0.2, -0.15) is 0 Å². The molecule has 0 aliphatic heterocycles. The van der Waals surface area contributed by atoms with E-state index in [9.17, 15) is 24.1 Å². The number of carbonyl (C=O) groups is 2. The van der Waals surface area contributed by atoms with Crippen LogP contribution < -0.4 is 10.9 Å². The van der Waals surface area contributed by atoms with Crippen LogP contribution in [-0.4, -0.2) is 21.7 Å². The van der Waals surface area contributed by atoms with Gasteiger partial charge in [-0.25, -0.2) is 4.39 Å². The number of hydrogen-bond acceptors (Lipinski definition) is 5. The van der Waals surface area contributed by atoms with Crippen LogP contribution in [0.1, 0.15) is 20.8 Å². The van der Waals surface area contributed by atoms with Gasteiger partial charge < -0.3 is 4.98 Å². The molecule has 0 radical (unpaired) electrons. The van der Waals surface area contributed by atoms with Gasteiger partial charge in [-0.05, 0) is 40.2 Å². The van der Waals surface area contributed by atoms with E-state index >= 15 is 0 Å². The average molecular weight is 479 g/mol. The maximum atomic E-state index is 14.0. The lowest BCUT2D eigenvalue weighted by atomic mass is 10.2. The minimum atomic E-state index is -0.786. The van der Waals surface area contributed by atoms with E-state index in [4.69, 9.17) is 0 Å². The Morgan fingerprint density at radius 3 is 2.45 bits per heavy atom. The standard InChI is InChI=1S/C18H12BrFN4O4S/c19-10-7-14(21-9-10)18(26)23-22-17(25)12-8-11(24(27)28)5-6-15(12)29-16-4-2-1-3-13(16)20/h1-9,21H,(H,22,25)(H,23,26). The van der Waals surface area contributed by atoms with Crippen LogP contribution in [0.2, 0.25) is 0 Å². The summed E-state index contributed by atoms with van der Waals surface area (Å²) in [7, 11) is 0. The third-order valence-corrected chi connectivity index (χ3v) is 5.24. The molecular formula is C18H12BrFN4O4S. The number of nitrogens with zero attached hydrogens (tertiary/aromatic N) is 1. The fourth-order valence-corrected chi connectivity index (χ4v) is 3.58. The van der Waals surface area contributed by atoms with Crippen LogP contribution in [0.15, 0.2) is 69.0 Å². The number of rotatable bonds is 5. The van der Waals surface area contributed by atoms with E-state index < -0.39 is 22.6 Å². The summed E-state index contributed by atoms with van der Waals surface area (Å²) in [5.74, 6) is -1.89. The Kier molecular flexibility index (Phi) is 6.29. The first-order valence-electron chi connectivity index (χ1n) is 8.00. The van der Waals surface area contributed by atoms with E-state index in [1.54, 1.807) is 12.3 Å². The molecule has 3 N–H and O–H groups in total. The SMILES string of the molecule is O=C(NNC(=O)c1cc([N+](=O)[O-])ccc1Sc1ccccc1F)c1cc(Br)c[nH]1. The van der Waals surface area contributed by atoms with Crippen molar-refractivity contribution >= 4 is 45.2 Å². The molecule has 3 aromatic rings. The summed E-state index contributed by atoms with van der Waals surface area (Å²) in [4.78, 5) is 38.3. The zero-order chi connectivity index (χ0) is 21.0. The van der Waals surface area contributed by atoms with Crippen LogP contribution >= 0.6 is 27.7 Å². The Labute approximate surface area is 176 Å². The van der Waals surface area contributed by atoms with Crippen LogP contribution in [0.3, 0.4) is 0 Å². The number of aromatic amines is 1. The van der Waals surface area contributed by atoms with E-state index in [0.717, 1.165) is 17.8 Å². The summed E-state index contributed by atoms with van der Waals surface area (Å²) in [6.45, 7) is 0. The maximum Gasteiger partial charge on any atom is 0.286 e. The van der Waals surface area contributed by atoms with Crippen molar-refractivity contribution in [2.24, 2.45) is 0 Å². The predicted octanol–water partition coefficient (Wildman–Crippen LogP) is 4.05. The lowest BCUT2D eigenvalue weighted by Gasteiger charge is -2.11. The second-order valence-corrected chi connectivity index (χ2v) is 7.61. The quantitative estimate of drug-likeness (QED) is 0.377. The summed E-state index contributed by atoms with van der Waals surface area (Å²) in [6, 6.07) is 11.1. The molecule has 11 heteroatoms. The Morgan fingerprint density at radius 1 is 1.07 bits per heavy atom. The first-order valence-corrected chi connectivity index (χ1v) is 9.61. The fraction of sp³-hybridized carbons (Fsp3) is 0. The van der Waals surface area contributed by atoms with Crippen molar-refractivity contribution in [1.29, 1.82) is 0 Å². The lowest BCUT2D eigenvalue weighted by molar-refractivity contribution is -0.384. The zero-order valence-electron chi connectivity index (χ0n) is 14.4. The normalized spacial score (nSPS) is 10.4. The molecule has 0 atom stereocenters. The number of nitro benzene ring substituents is 1. The van der Waals surface area contributed by atoms with Crippen molar-refractivity contribution in [3.8, 4) is 0 Å². The Bertz CT molecular complexity index is 1100. The monoisotopic (exact) mass is 478 g/mol. The molecule has 0 saturated carbocycles. The third-order valence-electron chi connectivity index (χ3n) is 3.66. The van der Waals surface area contributed by atoms with Gasteiger partial charge >= 0.3 is 0 Å². The molecule has 2 aromatic carbocycles.